The van der Waals surface area contributed by atoms with E-state index >= 15 is 0 Å². The fraction of sp³-hybridized carbons (Fsp3) is 0.348. The van der Waals surface area contributed by atoms with Crippen molar-refractivity contribution in [3.05, 3.63) is 71.8 Å². The predicted molar refractivity (Wildman–Crippen MR) is 104 cm³/mol. The van der Waals surface area contributed by atoms with Gasteiger partial charge in [-0.2, -0.15) is 0 Å². The molecule has 1 unspecified atom stereocenters. The topological polar surface area (TPSA) is 35.5 Å². The van der Waals surface area contributed by atoms with E-state index in [1.807, 2.05) is 31.2 Å². The molecule has 1 aliphatic heterocycles. The molecule has 0 aliphatic carbocycles. The second-order valence-electron chi connectivity index (χ2n) is 7.24. The van der Waals surface area contributed by atoms with Gasteiger partial charge in [0.1, 0.15) is 5.75 Å². The highest BCUT2D eigenvalue weighted by atomic mass is 16.6. The third-order valence-electron chi connectivity index (χ3n) is 4.87. The number of ether oxygens (including phenoxy) is 2. The minimum atomic E-state index is -0.573. The van der Waals surface area contributed by atoms with Crippen molar-refractivity contribution in [2.75, 3.05) is 6.61 Å². The lowest BCUT2D eigenvalue weighted by Crippen LogP contribution is -2.32. The second kappa shape index (κ2) is 7.77. The van der Waals surface area contributed by atoms with E-state index in [0.29, 0.717) is 13.0 Å². The Bertz CT molecular complexity index is 790. The van der Waals surface area contributed by atoms with E-state index in [9.17, 15) is 4.79 Å². The number of allylic oxidation sites excluding steroid dienone is 1. The van der Waals surface area contributed by atoms with Gasteiger partial charge in [0, 0.05) is 12.0 Å². The first-order valence-electron chi connectivity index (χ1n) is 9.18. The molecule has 2 aromatic carbocycles. The predicted octanol–water partition coefficient (Wildman–Crippen LogP) is 5.15. The highest BCUT2D eigenvalue weighted by Crippen LogP contribution is 2.38. The number of esters is 1. The van der Waals surface area contributed by atoms with Crippen LogP contribution >= 0.6 is 0 Å². The Labute approximate surface area is 155 Å². The fourth-order valence-corrected chi connectivity index (χ4v) is 3.28. The van der Waals surface area contributed by atoms with Crippen LogP contribution in [0.2, 0.25) is 0 Å². The smallest absolute Gasteiger partial charge is 0.347 e. The quantitative estimate of drug-likeness (QED) is 0.699. The molecule has 3 heteroatoms. The molecular weight excluding hydrogens is 324 g/mol. The number of para-hydroxylation sites is 1. The van der Waals surface area contributed by atoms with Gasteiger partial charge in [0.25, 0.3) is 0 Å². The SMILES string of the molecule is CCOC(=O)C1C/C(=C\CC(C)(C)c2ccccc2)c2ccccc2O1. The molecule has 0 aromatic heterocycles. The molecule has 136 valence electrons. The molecule has 0 spiro atoms. The summed E-state index contributed by atoms with van der Waals surface area (Å²) in [5.74, 6) is 0.454. The first kappa shape index (κ1) is 18.2. The summed E-state index contributed by atoms with van der Waals surface area (Å²) in [7, 11) is 0. The van der Waals surface area contributed by atoms with Crippen molar-refractivity contribution < 1.29 is 14.3 Å². The Kier molecular flexibility index (Phi) is 5.46. The molecular formula is C23H26O3. The first-order valence-corrected chi connectivity index (χ1v) is 9.18. The van der Waals surface area contributed by atoms with Gasteiger partial charge in [0.15, 0.2) is 6.10 Å². The number of carbonyl (C=O) groups excluding carboxylic acids is 1. The molecule has 2 aromatic rings. The monoisotopic (exact) mass is 350 g/mol. The van der Waals surface area contributed by atoms with E-state index in [-0.39, 0.29) is 11.4 Å². The van der Waals surface area contributed by atoms with Crippen molar-refractivity contribution >= 4 is 11.5 Å². The average molecular weight is 350 g/mol. The zero-order valence-electron chi connectivity index (χ0n) is 15.7. The Hall–Kier alpha value is -2.55. The minimum absolute atomic E-state index is 0.0148. The molecule has 0 radical (unpaired) electrons. The fourth-order valence-electron chi connectivity index (χ4n) is 3.28. The molecule has 1 heterocycles. The van der Waals surface area contributed by atoms with Crippen molar-refractivity contribution in [3.63, 3.8) is 0 Å². The number of hydrogen-bond donors (Lipinski definition) is 0. The molecule has 0 saturated heterocycles. The highest BCUT2D eigenvalue weighted by molar-refractivity contribution is 5.82. The summed E-state index contributed by atoms with van der Waals surface area (Å²) in [6, 6.07) is 18.4. The molecule has 0 saturated carbocycles. The summed E-state index contributed by atoms with van der Waals surface area (Å²) in [5, 5.41) is 0. The van der Waals surface area contributed by atoms with Crippen molar-refractivity contribution in [1.29, 1.82) is 0 Å². The number of carbonyl (C=O) groups is 1. The first-order chi connectivity index (χ1) is 12.5. The largest absolute Gasteiger partial charge is 0.478 e. The molecule has 3 nitrogen and oxygen atoms in total. The summed E-state index contributed by atoms with van der Waals surface area (Å²) in [4.78, 5) is 12.2. The van der Waals surface area contributed by atoms with Gasteiger partial charge in [-0.3, -0.25) is 0 Å². The summed E-state index contributed by atoms with van der Waals surface area (Å²) < 4.78 is 11.0. The Morgan fingerprint density at radius 1 is 1.15 bits per heavy atom. The maximum atomic E-state index is 12.2. The Balaban J connectivity index is 1.87. The van der Waals surface area contributed by atoms with E-state index in [1.165, 1.54) is 5.56 Å². The van der Waals surface area contributed by atoms with Gasteiger partial charge < -0.3 is 9.47 Å². The molecule has 0 amide bonds. The molecule has 26 heavy (non-hydrogen) atoms. The van der Waals surface area contributed by atoms with Crippen LogP contribution < -0.4 is 4.74 Å². The number of rotatable bonds is 5. The summed E-state index contributed by atoms with van der Waals surface area (Å²) in [5.41, 5.74) is 3.53. The minimum Gasteiger partial charge on any atom is -0.478 e. The van der Waals surface area contributed by atoms with Gasteiger partial charge in [-0.15, -0.1) is 0 Å². The third kappa shape index (κ3) is 3.98. The number of fused-ring (bicyclic) bond motifs is 1. The van der Waals surface area contributed by atoms with E-state index in [1.54, 1.807) is 0 Å². The van der Waals surface area contributed by atoms with E-state index < -0.39 is 6.10 Å². The molecule has 3 rings (SSSR count). The second-order valence-corrected chi connectivity index (χ2v) is 7.24. The summed E-state index contributed by atoms with van der Waals surface area (Å²) in [6.07, 6.45) is 3.10. The zero-order valence-corrected chi connectivity index (χ0v) is 15.7. The lowest BCUT2D eigenvalue weighted by Gasteiger charge is -2.28. The van der Waals surface area contributed by atoms with Crippen LogP contribution in [-0.4, -0.2) is 18.7 Å². The van der Waals surface area contributed by atoms with Crippen molar-refractivity contribution in [2.24, 2.45) is 0 Å². The highest BCUT2D eigenvalue weighted by Gasteiger charge is 2.30. The summed E-state index contributed by atoms with van der Waals surface area (Å²) in [6.45, 7) is 6.66. The van der Waals surface area contributed by atoms with Crippen molar-refractivity contribution in [1.82, 2.24) is 0 Å². The Morgan fingerprint density at radius 3 is 2.58 bits per heavy atom. The van der Waals surface area contributed by atoms with Gasteiger partial charge in [-0.25, -0.2) is 4.79 Å². The standard InChI is InChI=1S/C23H26O3/c1-4-25-22(24)21-16-17(19-12-8-9-13-20(19)26-21)14-15-23(2,3)18-10-6-5-7-11-18/h5-14,21H,4,15-16H2,1-3H3/b17-14+. The van der Waals surface area contributed by atoms with Crippen LogP contribution in [0.1, 0.15) is 44.7 Å². The van der Waals surface area contributed by atoms with Crippen molar-refractivity contribution in [2.45, 2.75) is 45.1 Å². The molecule has 1 atom stereocenters. The molecule has 0 N–H and O–H groups in total. The van der Waals surface area contributed by atoms with E-state index in [2.05, 4.69) is 50.3 Å². The molecule has 0 bridgehead atoms. The van der Waals surface area contributed by atoms with Crippen molar-refractivity contribution in [3.8, 4) is 5.75 Å². The Morgan fingerprint density at radius 2 is 1.85 bits per heavy atom. The van der Waals surface area contributed by atoms with Gasteiger partial charge in [0.2, 0.25) is 0 Å². The lowest BCUT2D eigenvalue weighted by atomic mass is 9.80. The zero-order chi connectivity index (χ0) is 18.6. The number of benzene rings is 2. The maximum absolute atomic E-state index is 12.2. The van der Waals surface area contributed by atoms with Crippen LogP contribution in [0.5, 0.6) is 5.75 Å². The molecule has 0 fully saturated rings. The number of hydrogen-bond acceptors (Lipinski definition) is 3. The average Bonchev–Trinajstić information content (AvgIpc) is 2.67. The van der Waals surface area contributed by atoms with Crippen LogP contribution in [0.25, 0.3) is 5.57 Å². The van der Waals surface area contributed by atoms with Crippen LogP contribution in [0.15, 0.2) is 60.7 Å². The van der Waals surface area contributed by atoms with E-state index in [4.69, 9.17) is 9.47 Å². The maximum Gasteiger partial charge on any atom is 0.347 e. The molecule has 1 aliphatic rings. The van der Waals surface area contributed by atoms with Gasteiger partial charge in [-0.05, 0) is 36.0 Å². The normalized spacial score (nSPS) is 18.1. The van der Waals surface area contributed by atoms with Crippen LogP contribution in [0.4, 0.5) is 0 Å². The van der Waals surface area contributed by atoms with Crippen LogP contribution in [0, 0.1) is 0 Å². The van der Waals surface area contributed by atoms with Crippen LogP contribution in [-0.2, 0) is 14.9 Å². The van der Waals surface area contributed by atoms with Gasteiger partial charge in [-0.1, -0.05) is 68.5 Å². The third-order valence-corrected chi connectivity index (χ3v) is 4.87. The summed E-state index contributed by atoms with van der Waals surface area (Å²) >= 11 is 0. The lowest BCUT2D eigenvalue weighted by molar-refractivity contribution is -0.151. The van der Waals surface area contributed by atoms with Gasteiger partial charge >= 0.3 is 5.97 Å². The van der Waals surface area contributed by atoms with Crippen LogP contribution in [0.3, 0.4) is 0 Å². The van der Waals surface area contributed by atoms with Gasteiger partial charge in [0.05, 0.1) is 6.61 Å². The van der Waals surface area contributed by atoms with E-state index in [0.717, 1.165) is 23.3 Å².